The van der Waals surface area contributed by atoms with Crippen LogP contribution in [0.15, 0.2) is 24.3 Å². The predicted octanol–water partition coefficient (Wildman–Crippen LogP) is 0.844. The molecule has 1 aromatic carbocycles. The third-order valence-corrected chi connectivity index (χ3v) is 2.80. The molecule has 0 radical (unpaired) electrons. The number of benzene rings is 1. The van der Waals surface area contributed by atoms with Crippen LogP contribution in [0, 0.1) is 5.92 Å². The molecular formula is C10H12N2O. The van der Waals surface area contributed by atoms with E-state index in [2.05, 4.69) is 23.0 Å². The zero-order chi connectivity index (χ0) is 8.67. The molecule has 2 aliphatic rings. The van der Waals surface area contributed by atoms with Crippen molar-refractivity contribution in [3.05, 3.63) is 29.8 Å². The molecule has 0 saturated carbocycles. The molecule has 0 bridgehead atoms. The van der Waals surface area contributed by atoms with Crippen LogP contribution >= 0.6 is 0 Å². The van der Waals surface area contributed by atoms with Gasteiger partial charge in [0.05, 0.1) is 12.6 Å². The quantitative estimate of drug-likeness (QED) is 0.614. The number of nitrogens with one attached hydrogen (secondary N) is 2. The summed E-state index contributed by atoms with van der Waals surface area (Å²) in [6.45, 7) is 1.82. The fourth-order valence-corrected chi connectivity index (χ4v) is 2.09. The Hall–Kier alpha value is -1.06. The van der Waals surface area contributed by atoms with Crippen molar-refractivity contribution in [2.24, 2.45) is 5.92 Å². The minimum absolute atomic E-state index is 0.435. The summed E-state index contributed by atoms with van der Waals surface area (Å²) in [7, 11) is 0. The Kier molecular flexibility index (Phi) is 1.54. The van der Waals surface area contributed by atoms with E-state index in [0.29, 0.717) is 12.0 Å². The molecule has 2 N–H and O–H groups in total. The van der Waals surface area contributed by atoms with E-state index in [0.717, 1.165) is 18.9 Å². The van der Waals surface area contributed by atoms with Gasteiger partial charge in [-0.15, -0.1) is 0 Å². The molecule has 1 saturated heterocycles. The van der Waals surface area contributed by atoms with Gasteiger partial charge in [-0.3, -0.25) is 5.43 Å². The summed E-state index contributed by atoms with van der Waals surface area (Å²) in [5, 5.41) is 0. The molecule has 1 fully saturated rings. The topological polar surface area (TPSA) is 33.3 Å². The van der Waals surface area contributed by atoms with E-state index in [1.54, 1.807) is 0 Å². The van der Waals surface area contributed by atoms with Gasteiger partial charge in [-0.05, 0) is 6.07 Å². The Bertz CT molecular complexity index is 326. The first-order valence-electron chi connectivity index (χ1n) is 4.65. The largest absolute Gasteiger partial charge is 0.493 e. The van der Waals surface area contributed by atoms with E-state index in [1.165, 1.54) is 5.56 Å². The summed E-state index contributed by atoms with van der Waals surface area (Å²) in [5.74, 6) is 1.61. The van der Waals surface area contributed by atoms with E-state index in [1.807, 2.05) is 12.1 Å². The lowest BCUT2D eigenvalue weighted by Gasteiger charge is -2.27. The zero-order valence-corrected chi connectivity index (χ0v) is 7.29. The van der Waals surface area contributed by atoms with Crippen molar-refractivity contribution in [1.29, 1.82) is 0 Å². The highest BCUT2D eigenvalue weighted by molar-refractivity contribution is 5.38. The molecule has 3 heteroatoms. The van der Waals surface area contributed by atoms with Crippen LogP contribution in [0.2, 0.25) is 0 Å². The third kappa shape index (κ3) is 1.04. The number of ether oxygens (including phenoxy) is 1. The SMILES string of the molecule is c1ccc2c(c1)OCC1CNNC21. The summed E-state index contributed by atoms with van der Waals surface area (Å²) < 4.78 is 5.66. The second-order valence-electron chi connectivity index (χ2n) is 3.61. The Morgan fingerprint density at radius 2 is 2.23 bits per heavy atom. The lowest BCUT2D eigenvalue weighted by atomic mass is 9.93. The van der Waals surface area contributed by atoms with Gasteiger partial charge in [0.2, 0.25) is 0 Å². The molecule has 1 aromatic rings. The molecule has 3 rings (SSSR count). The van der Waals surface area contributed by atoms with Gasteiger partial charge < -0.3 is 4.74 Å². The van der Waals surface area contributed by atoms with Crippen molar-refractivity contribution in [2.75, 3.05) is 13.2 Å². The first-order chi connectivity index (χ1) is 6.45. The molecular weight excluding hydrogens is 164 g/mol. The molecule has 68 valence electrons. The predicted molar refractivity (Wildman–Crippen MR) is 49.3 cm³/mol. The Balaban J connectivity index is 2.06. The van der Waals surface area contributed by atoms with Gasteiger partial charge in [-0.2, -0.15) is 0 Å². The molecule has 0 spiro atoms. The highest BCUT2D eigenvalue weighted by Gasteiger charge is 2.34. The van der Waals surface area contributed by atoms with Gasteiger partial charge in [0.15, 0.2) is 0 Å². The Morgan fingerprint density at radius 1 is 1.31 bits per heavy atom. The van der Waals surface area contributed by atoms with Gasteiger partial charge in [0, 0.05) is 18.0 Å². The van der Waals surface area contributed by atoms with Gasteiger partial charge in [0.25, 0.3) is 0 Å². The van der Waals surface area contributed by atoms with Crippen LogP contribution in [0.3, 0.4) is 0 Å². The van der Waals surface area contributed by atoms with E-state index in [4.69, 9.17) is 4.74 Å². The summed E-state index contributed by atoms with van der Waals surface area (Å²) in [4.78, 5) is 0. The highest BCUT2D eigenvalue weighted by atomic mass is 16.5. The van der Waals surface area contributed by atoms with E-state index >= 15 is 0 Å². The zero-order valence-electron chi connectivity index (χ0n) is 7.29. The van der Waals surface area contributed by atoms with Crippen LogP contribution < -0.4 is 15.6 Å². The van der Waals surface area contributed by atoms with Crippen molar-refractivity contribution < 1.29 is 4.74 Å². The fourth-order valence-electron chi connectivity index (χ4n) is 2.09. The molecule has 0 aromatic heterocycles. The molecule has 0 amide bonds. The van der Waals surface area contributed by atoms with E-state index in [-0.39, 0.29) is 0 Å². The van der Waals surface area contributed by atoms with Crippen molar-refractivity contribution in [1.82, 2.24) is 10.9 Å². The maximum Gasteiger partial charge on any atom is 0.124 e. The van der Waals surface area contributed by atoms with Crippen molar-refractivity contribution in [3.8, 4) is 5.75 Å². The van der Waals surface area contributed by atoms with E-state index in [9.17, 15) is 0 Å². The average molecular weight is 176 g/mol. The number of hydrazine groups is 1. The maximum atomic E-state index is 5.66. The van der Waals surface area contributed by atoms with Gasteiger partial charge in [-0.1, -0.05) is 18.2 Å². The number of hydrogen-bond donors (Lipinski definition) is 2. The van der Waals surface area contributed by atoms with Gasteiger partial charge in [0.1, 0.15) is 5.75 Å². The fraction of sp³-hybridized carbons (Fsp3) is 0.400. The lowest BCUT2D eigenvalue weighted by molar-refractivity contribution is 0.212. The summed E-state index contributed by atoms with van der Waals surface area (Å²) >= 11 is 0. The van der Waals surface area contributed by atoms with Crippen molar-refractivity contribution in [2.45, 2.75) is 6.04 Å². The minimum atomic E-state index is 0.435. The Labute approximate surface area is 77.1 Å². The first-order valence-corrected chi connectivity index (χ1v) is 4.65. The molecule has 2 heterocycles. The molecule has 2 unspecified atom stereocenters. The summed E-state index contributed by atoms with van der Waals surface area (Å²) in [6, 6.07) is 8.68. The van der Waals surface area contributed by atoms with Crippen LogP contribution in [0.1, 0.15) is 11.6 Å². The number of hydrogen-bond acceptors (Lipinski definition) is 3. The van der Waals surface area contributed by atoms with Crippen LogP contribution in [0.5, 0.6) is 5.75 Å². The smallest absolute Gasteiger partial charge is 0.124 e. The summed E-state index contributed by atoms with van der Waals surface area (Å²) in [5.41, 5.74) is 7.74. The third-order valence-electron chi connectivity index (χ3n) is 2.80. The van der Waals surface area contributed by atoms with Crippen molar-refractivity contribution >= 4 is 0 Å². The van der Waals surface area contributed by atoms with E-state index < -0.39 is 0 Å². The normalized spacial score (nSPS) is 30.5. The van der Waals surface area contributed by atoms with Gasteiger partial charge in [-0.25, -0.2) is 5.43 Å². The average Bonchev–Trinajstić information content (AvgIpc) is 2.65. The number of fused-ring (bicyclic) bond motifs is 3. The maximum absolute atomic E-state index is 5.66. The molecule has 0 aliphatic carbocycles. The van der Waals surface area contributed by atoms with Crippen LogP contribution in [0.4, 0.5) is 0 Å². The van der Waals surface area contributed by atoms with Gasteiger partial charge >= 0.3 is 0 Å². The lowest BCUT2D eigenvalue weighted by Crippen LogP contribution is -2.29. The van der Waals surface area contributed by atoms with Crippen LogP contribution in [-0.4, -0.2) is 13.2 Å². The number of rotatable bonds is 0. The molecule has 2 atom stereocenters. The second-order valence-corrected chi connectivity index (χ2v) is 3.61. The highest BCUT2D eigenvalue weighted by Crippen LogP contribution is 2.36. The first kappa shape index (κ1) is 7.35. The van der Waals surface area contributed by atoms with Crippen LogP contribution in [0.25, 0.3) is 0 Å². The molecule has 3 nitrogen and oxygen atoms in total. The molecule has 13 heavy (non-hydrogen) atoms. The minimum Gasteiger partial charge on any atom is -0.493 e. The summed E-state index contributed by atoms with van der Waals surface area (Å²) in [6.07, 6.45) is 0. The number of para-hydroxylation sites is 1. The molecule has 2 aliphatic heterocycles. The Morgan fingerprint density at radius 3 is 3.23 bits per heavy atom. The standard InChI is InChI=1S/C10H12N2O/c1-2-4-9-8(3-1)10-7(6-13-9)5-11-12-10/h1-4,7,10-12H,5-6H2. The second kappa shape index (κ2) is 2.72. The van der Waals surface area contributed by atoms with Crippen molar-refractivity contribution in [3.63, 3.8) is 0 Å². The monoisotopic (exact) mass is 176 g/mol. The van der Waals surface area contributed by atoms with Crippen LogP contribution in [-0.2, 0) is 0 Å².